The zero-order valence-corrected chi connectivity index (χ0v) is 16.5. The maximum Gasteiger partial charge on any atom is 0.310 e. The van der Waals surface area contributed by atoms with Crippen molar-refractivity contribution in [2.24, 2.45) is 0 Å². The maximum atomic E-state index is 12.3. The van der Waals surface area contributed by atoms with Gasteiger partial charge in [-0.1, -0.05) is 40.2 Å². The lowest BCUT2D eigenvalue weighted by atomic mass is 10.1. The van der Waals surface area contributed by atoms with Gasteiger partial charge in [0.1, 0.15) is 5.75 Å². The molecule has 6 heteroatoms. The van der Waals surface area contributed by atoms with E-state index in [0.29, 0.717) is 30.9 Å². The fourth-order valence-corrected chi connectivity index (χ4v) is 2.84. The summed E-state index contributed by atoms with van der Waals surface area (Å²) in [6, 6.07) is 13.0. The van der Waals surface area contributed by atoms with Gasteiger partial charge in [0.25, 0.3) is 5.91 Å². The molecule has 1 N–H and O–H groups in total. The van der Waals surface area contributed by atoms with Crippen LogP contribution >= 0.6 is 15.9 Å². The van der Waals surface area contributed by atoms with Crippen LogP contribution in [0.1, 0.15) is 28.4 Å². The molecular weight excluding hydrogens is 398 g/mol. The molecule has 138 valence electrons. The molecule has 0 spiro atoms. The molecule has 0 radical (unpaired) electrons. The van der Waals surface area contributed by atoms with Gasteiger partial charge in [-0.25, -0.2) is 0 Å². The number of esters is 1. The molecule has 2 aromatic carbocycles. The summed E-state index contributed by atoms with van der Waals surface area (Å²) in [4.78, 5) is 23.8. The first-order valence-electron chi connectivity index (χ1n) is 8.38. The number of hydrogen-bond acceptors (Lipinski definition) is 4. The second-order valence-electron chi connectivity index (χ2n) is 5.65. The van der Waals surface area contributed by atoms with Gasteiger partial charge in [0.05, 0.1) is 25.7 Å². The van der Waals surface area contributed by atoms with Gasteiger partial charge in [-0.15, -0.1) is 0 Å². The number of carbonyl (C=O) groups excluding carboxylic acids is 2. The average molecular weight is 420 g/mol. The van der Waals surface area contributed by atoms with E-state index >= 15 is 0 Å². The Morgan fingerprint density at radius 3 is 2.42 bits per heavy atom. The quantitative estimate of drug-likeness (QED) is 0.664. The summed E-state index contributed by atoms with van der Waals surface area (Å²) < 4.78 is 11.0. The standard InChI is InChI=1S/C20H22BrNO4/c1-3-26-19(23)12-15-6-4-14(5-7-15)10-11-22-20(24)17-13-16(21)8-9-18(17)25-2/h4-9,13H,3,10-12H2,1-2H3,(H,22,24). The van der Waals surface area contributed by atoms with Crippen LogP contribution in [0.25, 0.3) is 0 Å². The van der Waals surface area contributed by atoms with Crippen LogP contribution in [0.5, 0.6) is 5.75 Å². The van der Waals surface area contributed by atoms with Crippen molar-refractivity contribution in [2.75, 3.05) is 20.3 Å². The number of ether oxygens (including phenoxy) is 2. The van der Waals surface area contributed by atoms with Crippen LogP contribution in [-0.2, 0) is 22.4 Å². The largest absolute Gasteiger partial charge is 0.496 e. The highest BCUT2D eigenvalue weighted by molar-refractivity contribution is 9.10. The minimum Gasteiger partial charge on any atom is -0.496 e. The summed E-state index contributed by atoms with van der Waals surface area (Å²) in [5.41, 5.74) is 2.49. The van der Waals surface area contributed by atoms with Crippen molar-refractivity contribution in [3.8, 4) is 5.75 Å². The lowest BCUT2D eigenvalue weighted by Crippen LogP contribution is -2.26. The highest BCUT2D eigenvalue weighted by Gasteiger charge is 2.12. The summed E-state index contributed by atoms with van der Waals surface area (Å²) in [6.07, 6.45) is 0.968. The summed E-state index contributed by atoms with van der Waals surface area (Å²) in [7, 11) is 1.54. The van der Waals surface area contributed by atoms with Gasteiger partial charge >= 0.3 is 5.97 Å². The Kier molecular flexibility index (Phi) is 7.66. The van der Waals surface area contributed by atoms with Gasteiger partial charge in [0.15, 0.2) is 0 Å². The van der Waals surface area contributed by atoms with Crippen LogP contribution in [0, 0.1) is 0 Å². The number of hydrogen-bond donors (Lipinski definition) is 1. The summed E-state index contributed by atoms with van der Waals surface area (Å²) in [6.45, 7) is 2.68. The zero-order chi connectivity index (χ0) is 18.9. The van der Waals surface area contributed by atoms with E-state index in [9.17, 15) is 9.59 Å². The smallest absolute Gasteiger partial charge is 0.310 e. The lowest BCUT2D eigenvalue weighted by molar-refractivity contribution is -0.142. The van der Waals surface area contributed by atoms with Gasteiger partial charge in [-0.2, -0.15) is 0 Å². The molecule has 0 unspecified atom stereocenters. The van der Waals surface area contributed by atoms with Crippen molar-refractivity contribution in [2.45, 2.75) is 19.8 Å². The number of benzene rings is 2. The number of nitrogens with one attached hydrogen (secondary N) is 1. The molecule has 1 amide bonds. The Morgan fingerprint density at radius 2 is 1.77 bits per heavy atom. The predicted molar refractivity (Wildman–Crippen MR) is 104 cm³/mol. The zero-order valence-electron chi connectivity index (χ0n) is 14.9. The number of rotatable bonds is 8. The molecule has 2 aromatic rings. The third-order valence-electron chi connectivity index (χ3n) is 3.78. The highest BCUT2D eigenvalue weighted by Crippen LogP contribution is 2.22. The predicted octanol–water partition coefficient (Wildman–Crippen LogP) is 3.54. The van der Waals surface area contributed by atoms with Gasteiger partial charge < -0.3 is 14.8 Å². The number of halogens is 1. The van der Waals surface area contributed by atoms with E-state index in [0.717, 1.165) is 15.6 Å². The second kappa shape index (κ2) is 9.97. The first-order chi connectivity index (χ1) is 12.5. The van der Waals surface area contributed by atoms with Crippen LogP contribution in [-0.4, -0.2) is 32.1 Å². The fourth-order valence-electron chi connectivity index (χ4n) is 2.48. The molecule has 0 aliphatic heterocycles. The van der Waals surface area contributed by atoms with Crippen molar-refractivity contribution >= 4 is 27.8 Å². The first kappa shape index (κ1) is 20.0. The molecule has 0 aliphatic rings. The van der Waals surface area contributed by atoms with E-state index in [1.165, 1.54) is 7.11 Å². The number of amides is 1. The molecule has 0 aromatic heterocycles. The van der Waals surface area contributed by atoms with Crippen molar-refractivity contribution in [3.05, 3.63) is 63.6 Å². The Morgan fingerprint density at radius 1 is 1.08 bits per heavy atom. The van der Waals surface area contributed by atoms with Crippen LogP contribution in [0.2, 0.25) is 0 Å². The van der Waals surface area contributed by atoms with Gasteiger partial charge in [-0.05, 0) is 42.7 Å². The molecular formula is C20H22BrNO4. The molecule has 0 bridgehead atoms. The third kappa shape index (κ3) is 5.88. The Hall–Kier alpha value is -2.34. The molecule has 0 saturated heterocycles. The van der Waals surface area contributed by atoms with Crippen molar-refractivity contribution in [1.82, 2.24) is 5.32 Å². The highest BCUT2D eigenvalue weighted by atomic mass is 79.9. The summed E-state index contributed by atoms with van der Waals surface area (Å²) in [5.74, 6) is 0.131. The average Bonchev–Trinajstić information content (AvgIpc) is 2.63. The first-order valence-corrected chi connectivity index (χ1v) is 9.18. The van der Waals surface area contributed by atoms with E-state index in [1.807, 2.05) is 30.3 Å². The van der Waals surface area contributed by atoms with Crippen LogP contribution in [0.15, 0.2) is 46.9 Å². The van der Waals surface area contributed by atoms with Crippen LogP contribution < -0.4 is 10.1 Å². The third-order valence-corrected chi connectivity index (χ3v) is 4.28. The minimum atomic E-state index is -0.226. The molecule has 0 atom stereocenters. The van der Waals surface area contributed by atoms with E-state index in [-0.39, 0.29) is 18.3 Å². The maximum absolute atomic E-state index is 12.3. The van der Waals surface area contributed by atoms with Crippen LogP contribution in [0.3, 0.4) is 0 Å². The van der Waals surface area contributed by atoms with Gasteiger partial charge in [0.2, 0.25) is 0 Å². The normalized spacial score (nSPS) is 10.3. The lowest BCUT2D eigenvalue weighted by Gasteiger charge is -2.10. The van der Waals surface area contributed by atoms with Crippen LogP contribution in [0.4, 0.5) is 0 Å². The molecule has 26 heavy (non-hydrogen) atoms. The Bertz CT molecular complexity index is 759. The van der Waals surface area contributed by atoms with E-state index in [4.69, 9.17) is 9.47 Å². The number of carbonyl (C=O) groups is 2. The monoisotopic (exact) mass is 419 g/mol. The Balaban J connectivity index is 1.87. The van der Waals surface area contributed by atoms with Gasteiger partial charge in [0, 0.05) is 11.0 Å². The van der Waals surface area contributed by atoms with Crippen molar-refractivity contribution < 1.29 is 19.1 Å². The van der Waals surface area contributed by atoms with E-state index in [2.05, 4.69) is 21.2 Å². The van der Waals surface area contributed by atoms with Crippen molar-refractivity contribution in [1.29, 1.82) is 0 Å². The number of methoxy groups -OCH3 is 1. The molecule has 2 rings (SSSR count). The summed E-state index contributed by atoms with van der Waals surface area (Å²) >= 11 is 3.36. The second-order valence-corrected chi connectivity index (χ2v) is 6.56. The summed E-state index contributed by atoms with van der Waals surface area (Å²) in [5, 5.41) is 2.90. The molecule has 0 aliphatic carbocycles. The fraction of sp³-hybridized carbons (Fsp3) is 0.300. The molecule has 0 heterocycles. The minimum absolute atomic E-state index is 0.179. The van der Waals surface area contributed by atoms with Crippen molar-refractivity contribution in [3.63, 3.8) is 0 Å². The Labute approximate surface area is 161 Å². The molecule has 0 saturated carbocycles. The molecule has 0 fully saturated rings. The van der Waals surface area contributed by atoms with E-state index < -0.39 is 0 Å². The topological polar surface area (TPSA) is 64.6 Å². The van der Waals surface area contributed by atoms with Gasteiger partial charge in [-0.3, -0.25) is 9.59 Å². The van der Waals surface area contributed by atoms with E-state index in [1.54, 1.807) is 19.1 Å². The molecule has 5 nitrogen and oxygen atoms in total. The SMILES string of the molecule is CCOC(=O)Cc1ccc(CCNC(=O)c2cc(Br)ccc2OC)cc1.